The largest absolute Gasteiger partial charge is 0.480 e. The van der Waals surface area contributed by atoms with Gasteiger partial charge in [-0.2, -0.15) is 0 Å². The van der Waals surface area contributed by atoms with Crippen molar-refractivity contribution < 1.29 is 14.8 Å². The lowest BCUT2D eigenvalue weighted by atomic mass is 10.1. The van der Waals surface area contributed by atoms with Crippen LogP contribution in [0, 0.1) is 10.1 Å². The first-order valence-electron chi connectivity index (χ1n) is 4.87. The highest BCUT2D eigenvalue weighted by atomic mass is 35.5. The molecule has 0 aliphatic rings. The van der Waals surface area contributed by atoms with Gasteiger partial charge in [0.15, 0.2) is 0 Å². The Bertz CT molecular complexity index is 473. The van der Waals surface area contributed by atoms with E-state index >= 15 is 0 Å². The van der Waals surface area contributed by atoms with Crippen LogP contribution in [0.2, 0.25) is 5.15 Å². The second-order valence-corrected chi connectivity index (χ2v) is 3.74. The summed E-state index contributed by atoms with van der Waals surface area (Å²) in [5.41, 5.74) is 0.872. The average molecular weight is 272 g/mol. The number of aliphatic carboxylic acids is 1. The Morgan fingerprint density at radius 1 is 1.61 bits per heavy atom. The molecule has 1 rings (SSSR count). The minimum Gasteiger partial charge on any atom is -0.480 e. The number of halogens is 1. The predicted molar refractivity (Wildman–Crippen MR) is 63.7 cm³/mol. The zero-order valence-electron chi connectivity index (χ0n) is 9.17. The van der Waals surface area contributed by atoms with Crippen molar-refractivity contribution in [3.63, 3.8) is 0 Å². The van der Waals surface area contributed by atoms with Crippen LogP contribution >= 0.6 is 11.6 Å². The van der Waals surface area contributed by atoms with Crippen molar-refractivity contribution in [3.05, 3.63) is 51.1 Å². The van der Waals surface area contributed by atoms with Gasteiger partial charge in [0.2, 0.25) is 0 Å². The van der Waals surface area contributed by atoms with E-state index in [1.54, 1.807) is 12.1 Å². The summed E-state index contributed by atoms with van der Waals surface area (Å²) in [6.45, 7) is -0.388. The molecule has 8 heteroatoms. The van der Waals surface area contributed by atoms with Gasteiger partial charge in [0.1, 0.15) is 11.7 Å². The van der Waals surface area contributed by atoms with E-state index in [0.717, 1.165) is 6.20 Å². The Morgan fingerprint density at radius 3 is 2.83 bits per heavy atom. The molecule has 0 radical (unpaired) electrons. The fraction of sp³-hybridized carbons (Fsp3) is 0.200. The molecule has 0 amide bonds. The van der Waals surface area contributed by atoms with Gasteiger partial charge in [-0.05, 0) is 11.6 Å². The van der Waals surface area contributed by atoms with Crippen LogP contribution in [0.1, 0.15) is 5.56 Å². The fourth-order valence-electron chi connectivity index (χ4n) is 1.20. The molecule has 7 nitrogen and oxygen atoms in total. The molecular weight excluding hydrogens is 262 g/mol. The van der Waals surface area contributed by atoms with Crippen LogP contribution in [-0.2, 0) is 11.2 Å². The third-order valence-corrected chi connectivity index (χ3v) is 2.13. The number of hydrogen-bond acceptors (Lipinski definition) is 5. The maximum Gasteiger partial charge on any atom is 0.322 e. The minimum atomic E-state index is -1.10. The number of nitro groups is 1. The average Bonchev–Trinajstić information content (AvgIpc) is 2.28. The Morgan fingerprint density at radius 2 is 2.33 bits per heavy atom. The van der Waals surface area contributed by atoms with Crippen LogP contribution in [-0.4, -0.2) is 27.5 Å². The van der Waals surface area contributed by atoms with E-state index in [2.05, 4.69) is 10.3 Å². The van der Waals surface area contributed by atoms with E-state index in [1.807, 2.05) is 0 Å². The van der Waals surface area contributed by atoms with Crippen LogP contribution < -0.4 is 5.32 Å². The number of carboxylic acid groups (broad SMARTS) is 1. The quantitative estimate of drug-likeness (QED) is 0.455. The van der Waals surface area contributed by atoms with Gasteiger partial charge in [0, 0.05) is 12.6 Å². The maximum atomic E-state index is 10.4. The Labute approximate surface area is 107 Å². The van der Waals surface area contributed by atoms with Gasteiger partial charge < -0.3 is 10.4 Å². The number of aromatic nitrogens is 1. The SMILES string of the molecule is O=C(O)CN/C(=C/[N+](=O)[O-])Cc1ccc(Cl)nc1. The van der Waals surface area contributed by atoms with Crippen LogP contribution in [0.15, 0.2) is 30.2 Å². The molecule has 0 unspecified atom stereocenters. The maximum absolute atomic E-state index is 10.4. The van der Waals surface area contributed by atoms with E-state index in [1.165, 1.54) is 6.20 Å². The number of pyridine rings is 1. The van der Waals surface area contributed by atoms with E-state index < -0.39 is 10.9 Å². The molecule has 0 spiro atoms. The first kappa shape index (κ1) is 13.9. The number of hydrogen-bond donors (Lipinski definition) is 2. The molecule has 96 valence electrons. The summed E-state index contributed by atoms with van der Waals surface area (Å²) < 4.78 is 0. The highest BCUT2D eigenvalue weighted by Gasteiger charge is 2.07. The van der Waals surface area contributed by atoms with Crippen LogP contribution in [0.3, 0.4) is 0 Å². The minimum absolute atomic E-state index is 0.179. The van der Waals surface area contributed by atoms with Crippen molar-refractivity contribution in [2.45, 2.75) is 6.42 Å². The smallest absolute Gasteiger partial charge is 0.322 e. The highest BCUT2D eigenvalue weighted by molar-refractivity contribution is 6.29. The molecule has 1 heterocycles. The van der Waals surface area contributed by atoms with Crippen molar-refractivity contribution in [1.29, 1.82) is 0 Å². The van der Waals surface area contributed by atoms with Gasteiger partial charge in [-0.25, -0.2) is 4.98 Å². The lowest BCUT2D eigenvalue weighted by Gasteiger charge is -2.06. The molecule has 0 aromatic carbocycles. The van der Waals surface area contributed by atoms with Gasteiger partial charge in [-0.1, -0.05) is 17.7 Å². The number of carboxylic acids is 1. The summed E-state index contributed by atoms with van der Waals surface area (Å²) in [7, 11) is 0. The molecule has 18 heavy (non-hydrogen) atoms. The van der Waals surface area contributed by atoms with Crippen LogP contribution in [0.5, 0.6) is 0 Å². The second kappa shape index (κ2) is 6.55. The third kappa shape index (κ3) is 5.26. The lowest BCUT2D eigenvalue weighted by molar-refractivity contribution is -0.403. The van der Waals surface area contributed by atoms with E-state index in [4.69, 9.17) is 16.7 Å². The van der Waals surface area contributed by atoms with Crippen molar-refractivity contribution in [1.82, 2.24) is 10.3 Å². The molecule has 0 bridgehead atoms. The predicted octanol–water partition coefficient (Wildman–Crippen LogP) is 1.07. The first-order chi connectivity index (χ1) is 8.47. The van der Waals surface area contributed by atoms with Crippen LogP contribution in [0.4, 0.5) is 0 Å². The van der Waals surface area contributed by atoms with Crippen molar-refractivity contribution in [3.8, 4) is 0 Å². The van der Waals surface area contributed by atoms with Gasteiger partial charge in [0.05, 0.1) is 10.6 Å². The monoisotopic (exact) mass is 271 g/mol. The summed E-state index contributed by atoms with van der Waals surface area (Å²) in [5.74, 6) is -1.10. The molecule has 0 saturated heterocycles. The Kier molecular flexibility index (Phi) is 5.06. The van der Waals surface area contributed by atoms with Crippen molar-refractivity contribution in [2.75, 3.05) is 6.54 Å². The van der Waals surface area contributed by atoms with Crippen LogP contribution in [0.25, 0.3) is 0 Å². The topological polar surface area (TPSA) is 105 Å². The summed E-state index contributed by atoms with van der Waals surface area (Å²) in [6, 6.07) is 3.21. The Hall–Kier alpha value is -2.15. The number of rotatable bonds is 6. The second-order valence-electron chi connectivity index (χ2n) is 3.35. The van der Waals surface area contributed by atoms with Crippen molar-refractivity contribution in [2.24, 2.45) is 0 Å². The molecule has 1 aromatic heterocycles. The van der Waals surface area contributed by atoms with Gasteiger partial charge in [-0.15, -0.1) is 0 Å². The normalized spacial score (nSPS) is 11.1. The Balaban J connectivity index is 2.75. The van der Waals surface area contributed by atoms with E-state index in [0.29, 0.717) is 10.7 Å². The molecule has 0 fully saturated rings. The highest BCUT2D eigenvalue weighted by Crippen LogP contribution is 2.09. The van der Waals surface area contributed by atoms with E-state index in [-0.39, 0.29) is 18.7 Å². The molecule has 0 saturated carbocycles. The summed E-state index contributed by atoms with van der Waals surface area (Å²) in [4.78, 5) is 24.0. The van der Waals surface area contributed by atoms with Gasteiger partial charge in [0.25, 0.3) is 6.20 Å². The molecule has 1 aromatic rings. The summed E-state index contributed by atoms with van der Waals surface area (Å²) in [5, 5.41) is 21.7. The summed E-state index contributed by atoms with van der Waals surface area (Å²) >= 11 is 5.61. The summed E-state index contributed by atoms with van der Waals surface area (Å²) in [6.07, 6.45) is 2.38. The number of nitrogens with one attached hydrogen (secondary N) is 1. The zero-order chi connectivity index (χ0) is 13.5. The molecule has 0 atom stereocenters. The zero-order valence-corrected chi connectivity index (χ0v) is 9.92. The van der Waals surface area contributed by atoms with Gasteiger partial charge >= 0.3 is 5.97 Å². The number of allylic oxidation sites excluding steroid dienone is 1. The lowest BCUT2D eigenvalue weighted by Crippen LogP contribution is -2.23. The number of nitrogens with zero attached hydrogens (tertiary/aromatic N) is 2. The molecule has 0 aliphatic heterocycles. The molecular formula is C10H10ClN3O4. The molecule has 0 aliphatic carbocycles. The standard InChI is InChI=1S/C10H10ClN3O4/c11-9-2-1-7(4-13-9)3-8(6-14(17)18)12-5-10(15)16/h1-2,4,6,12H,3,5H2,(H,15,16)/b8-6+. The van der Waals surface area contributed by atoms with Gasteiger partial charge in [-0.3, -0.25) is 14.9 Å². The number of carbonyl (C=O) groups is 1. The van der Waals surface area contributed by atoms with E-state index in [9.17, 15) is 14.9 Å². The third-order valence-electron chi connectivity index (χ3n) is 1.91. The first-order valence-corrected chi connectivity index (χ1v) is 5.25. The molecule has 2 N–H and O–H groups in total. The van der Waals surface area contributed by atoms with Crippen molar-refractivity contribution >= 4 is 17.6 Å². The fourth-order valence-corrected chi connectivity index (χ4v) is 1.31.